The number of benzene rings is 3. The van der Waals surface area contributed by atoms with E-state index in [0.29, 0.717) is 10.9 Å². The molecule has 138 valence electrons. The molecule has 1 atom stereocenters. The normalized spacial score (nSPS) is 19.2. The van der Waals surface area contributed by atoms with Gasteiger partial charge in [-0.2, -0.15) is 10.1 Å². The predicted molar refractivity (Wildman–Crippen MR) is 116 cm³/mol. The molecule has 1 unspecified atom stereocenters. The van der Waals surface area contributed by atoms with Crippen LogP contribution in [0.5, 0.6) is 0 Å². The minimum Gasteiger partial charge on any atom is -0.272 e. The van der Waals surface area contributed by atoms with Gasteiger partial charge in [-0.25, -0.2) is 5.01 Å². The number of fused-ring (bicyclic) bond motifs is 1. The van der Waals surface area contributed by atoms with Crippen LogP contribution in [0, 0.1) is 6.92 Å². The van der Waals surface area contributed by atoms with Crippen molar-refractivity contribution < 1.29 is 4.79 Å². The van der Waals surface area contributed by atoms with Gasteiger partial charge in [-0.15, -0.1) is 0 Å². The summed E-state index contributed by atoms with van der Waals surface area (Å²) in [7, 11) is 0. The summed E-state index contributed by atoms with van der Waals surface area (Å²) in [6, 6.07) is 23.3. The number of carbonyl (C=O) groups excluding carboxylic acids is 1. The highest BCUT2D eigenvalue weighted by Crippen LogP contribution is 2.39. The minimum absolute atomic E-state index is 0.0274. The predicted octanol–water partition coefficient (Wildman–Crippen LogP) is 4.93. The molecule has 0 spiro atoms. The van der Waals surface area contributed by atoms with Gasteiger partial charge in [0, 0.05) is 6.42 Å². The van der Waals surface area contributed by atoms with Crippen LogP contribution in [-0.2, 0) is 4.79 Å². The smallest absolute Gasteiger partial charge is 0.258 e. The third-order valence-corrected chi connectivity index (χ3v) is 6.15. The van der Waals surface area contributed by atoms with Crippen LogP contribution >= 0.6 is 11.8 Å². The molecule has 0 aliphatic carbocycles. The average Bonchev–Trinajstić information content (AvgIpc) is 3.34. The molecule has 0 bridgehead atoms. The molecule has 5 heteroatoms. The molecule has 2 aliphatic rings. The average molecular weight is 385 g/mol. The lowest BCUT2D eigenvalue weighted by Crippen LogP contribution is -2.24. The van der Waals surface area contributed by atoms with Gasteiger partial charge in [0.2, 0.25) is 0 Å². The number of rotatable bonds is 2. The molecule has 0 saturated carbocycles. The summed E-state index contributed by atoms with van der Waals surface area (Å²) in [4.78, 5) is 16.0. The van der Waals surface area contributed by atoms with Gasteiger partial charge in [-0.3, -0.25) is 4.79 Å². The van der Waals surface area contributed by atoms with Crippen LogP contribution in [0.3, 0.4) is 0 Å². The molecule has 0 saturated heterocycles. The van der Waals surface area contributed by atoms with Crippen LogP contribution in [0.1, 0.15) is 29.2 Å². The highest BCUT2D eigenvalue weighted by Gasteiger charge is 2.35. The van der Waals surface area contributed by atoms with Crippen molar-refractivity contribution >= 4 is 39.3 Å². The standard InChI is InChI=1S/C23H19N3OS/c1-15-9-11-17(12-10-15)20-13-21(26(25-20)23-24-22(27)14-28-23)19-8-4-6-16-5-2-3-7-18(16)19/h2-12,21H,13-14H2,1H3. The molecule has 4 nitrogen and oxygen atoms in total. The van der Waals surface area contributed by atoms with Gasteiger partial charge in [0.05, 0.1) is 17.5 Å². The summed E-state index contributed by atoms with van der Waals surface area (Å²) >= 11 is 1.47. The van der Waals surface area contributed by atoms with E-state index in [0.717, 1.165) is 17.7 Å². The van der Waals surface area contributed by atoms with E-state index < -0.39 is 0 Å². The number of amidine groups is 1. The highest BCUT2D eigenvalue weighted by molar-refractivity contribution is 8.14. The Morgan fingerprint density at radius 2 is 1.79 bits per heavy atom. The number of hydrogen-bond donors (Lipinski definition) is 0. The van der Waals surface area contributed by atoms with E-state index in [4.69, 9.17) is 5.10 Å². The molecule has 0 radical (unpaired) electrons. The Morgan fingerprint density at radius 3 is 2.57 bits per heavy atom. The monoisotopic (exact) mass is 385 g/mol. The van der Waals surface area contributed by atoms with Gasteiger partial charge >= 0.3 is 0 Å². The van der Waals surface area contributed by atoms with Gasteiger partial charge < -0.3 is 0 Å². The van der Waals surface area contributed by atoms with E-state index >= 15 is 0 Å². The zero-order chi connectivity index (χ0) is 19.1. The Balaban J connectivity index is 1.61. The lowest BCUT2D eigenvalue weighted by atomic mass is 9.94. The molecule has 1 amide bonds. The Hall–Kier alpha value is -2.92. The molecule has 2 heterocycles. The number of nitrogens with zero attached hydrogens (tertiary/aromatic N) is 3. The third-order valence-electron chi connectivity index (χ3n) is 5.22. The van der Waals surface area contributed by atoms with Gasteiger partial charge in [-0.05, 0) is 28.8 Å². The zero-order valence-corrected chi connectivity index (χ0v) is 16.3. The molecule has 3 aromatic carbocycles. The van der Waals surface area contributed by atoms with Crippen molar-refractivity contribution in [1.29, 1.82) is 0 Å². The second-order valence-electron chi connectivity index (χ2n) is 7.12. The lowest BCUT2D eigenvalue weighted by Gasteiger charge is -2.24. The molecular formula is C23H19N3OS. The maximum absolute atomic E-state index is 11.8. The molecule has 5 rings (SSSR count). The molecule has 2 aliphatic heterocycles. The first kappa shape index (κ1) is 17.2. The van der Waals surface area contributed by atoms with Crippen molar-refractivity contribution in [3.05, 3.63) is 83.4 Å². The Kier molecular flexibility index (Phi) is 4.24. The lowest BCUT2D eigenvalue weighted by molar-refractivity contribution is -0.115. The fraction of sp³-hybridized carbons (Fsp3) is 0.174. The molecule has 0 fully saturated rings. The van der Waals surface area contributed by atoms with Crippen LogP contribution in [0.4, 0.5) is 0 Å². The van der Waals surface area contributed by atoms with Crippen LogP contribution in [-0.4, -0.2) is 27.5 Å². The van der Waals surface area contributed by atoms with Crippen molar-refractivity contribution in [3.63, 3.8) is 0 Å². The zero-order valence-electron chi connectivity index (χ0n) is 15.5. The van der Waals surface area contributed by atoms with Crippen LogP contribution in [0.25, 0.3) is 10.8 Å². The highest BCUT2D eigenvalue weighted by atomic mass is 32.2. The topological polar surface area (TPSA) is 45.0 Å². The number of aliphatic imine (C=N–C) groups is 1. The Morgan fingerprint density at radius 1 is 1.00 bits per heavy atom. The maximum atomic E-state index is 11.8. The second-order valence-corrected chi connectivity index (χ2v) is 8.06. The third kappa shape index (κ3) is 3.02. The van der Waals surface area contributed by atoms with Gasteiger partial charge in [-0.1, -0.05) is 84.1 Å². The van der Waals surface area contributed by atoms with Crippen LogP contribution < -0.4 is 0 Å². The maximum Gasteiger partial charge on any atom is 0.258 e. The molecule has 0 aromatic heterocycles. The van der Waals surface area contributed by atoms with E-state index in [9.17, 15) is 4.79 Å². The summed E-state index contributed by atoms with van der Waals surface area (Å²) in [6.07, 6.45) is 0.783. The molecule has 3 aromatic rings. The summed E-state index contributed by atoms with van der Waals surface area (Å²) in [5.74, 6) is 0.305. The van der Waals surface area contributed by atoms with Gasteiger partial charge in [0.1, 0.15) is 0 Å². The molecule has 0 N–H and O–H groups in total. The summed E-state index contributed by atoms with van der Waals surface area (Å²) in [5, 5.41) is 9.99. The van der Waals surface area contributed by atoms with E-state index in [1.807, 2.05) is 5.01 Å². The summed E-state index contributed by atoms with van der Waals surface area (Å²) in [5.41, 5.74) is 4.59. The number of aryl methyl sites for hydroxylation is 1. The Labute approximate surface area is 168 Å². The van der Waals surface area contributed by atoms with Gasteiger partial charge in [0.15, 0.2) is 5.17 Å². The van der Waals surface area contributed by atoms with Crippen LogP contribution in [0.2, 0.25) is 0 Å². The minimum atomic E-state index is -0.0874. The van der Waals surface area contributed by atoms with Crippen molar-refractivity contribution in [3.8, 4) is 0 Å². The van der Waals surface area contributed by atoms with Crippen molar-refractivity contribution in [2.75, 3.05) is 5.75 Å². The van der Waals surface area contributed by atoms with E-state index in [1.165, 1.54) is 33.7 Å². The first-order valence-electron chi connectivity index (χ1n) is 9.35. The van der Waals surface area contributed by atoms with Crippen molar-refractivity contribution in [2.24, 2.45) is 10.1 Å². The number of amides is 1. The summed E-state index contributed by atoms with van der Waals surface area (Å²) < 4.78 is 0. The largest absolute Gasteiger partial charge is 0.272 e. The van der Waals surface area contributed by atoms with Crippen molar-refractivity contribution in [2.45, 2.75) is 19.4 Å². The SMILES string of the molecule is Cc1ccc(C2=NN(C3=NC(=O)CS3)C(c3cccc4ccccc34)C2)cc1. The Bertz CT molecular complexity index is 1130. The van der Waals surface area contributed by atoms with Gasteiger partial charge in [0.25, 0.3) is 5.91 Å². The fourth-order valence-electron chi connectivity index (χ4n) is 3.81. The number of thioether (sulfide) groups is 1. The fourth-order valence-corrected chi connectivity index (χ4v) is 4.59. The van der Waals surface area contributed by atoms with Crippen molar-refractivity contribution in [1.82, 2.24) is 5.01 Å². The molecule has 28 heavy (non-hydrogen) atoms. The summed E-state index contributed by atoms with van der Waals surface area (Å²) in [6.45, 7) is 2.08. The number of hydrogen-bond acceptors (Lipinski definition) is 4. The van der Waals surface area contributed by atoms with E-state index in [1.54, 1.807) is 0 Å². The van der Waals surface area contributed by atoms with E-state index in [2.05, 4.69) is 78.6 Å². The first-order chi connectivity index (χ1) is 13.7. The quantitative estimate of drug-likeness (QED) is 0.628. The molecular weight excluding hydrogens is 366 g/mol. The van der Waals surface area contributed by atoms with E-state index in [-0.39, 0.29) is 11.9 Å². The van der Waals surface area contributed by atoms with Crippen LogP contribution in [0.15, 0.2) is 76.8 Å². The second kappa shape index (κ2) is 6.91. The number of hydrazone groups is 1. The number of carbonyl (C=O) groups is 1. The first-order valence-corrected chi connectivity index (χ1v) is 10.3.